The van der Waals surface area contributed by atoms with Gasteiger partial charge in [-0.25, -0.2) is 0 Å². The summed E-state index contributed by atoms with van der Waals surface area (Å²) < 4.78 is 5.27. The minimum Gasteiger partial charge on any atom is -0.338 e. The zero-order valence-corrected chi connectivity index (χ0v) is 12.6. The van der Waals surface area contributed by atoms with Crippen LogP contribution < -0.4 is 5.32 Å². The van der Waals surface area contributed by atoms with Crippen LogP contribution in [0.1, 0.15) is 34.6 Å². The van der Waals surface area contributed by atoms with Crippen LogP contribution in [0.5, 0.6) is 0 Å². The number of hydrogen-bond donors (Lipinski definition) is 2. The summed E-state index contributed by atoms with van der Waals surface area (Å²) in [6.45, 7) is 0. The van der Waals surface area contributed by atoms with Crippen LogP contribution in [-0.4, -0.2) is 21.3 Å². The van der Waals surface area contributed by atoms with Crippen LogP contribution in [0.2, 0.25) is 0 Å². The number of aromatic amines is 1. The molecule has 0 fully saturated rings. The van der Waals surface area contributed by atoms with Crippen molar-refractivity contribution in [3.63, 3.8) is 0 Å². The molecule has 22 heavy (non-hydrogen) atoms. The molecule has 7 heteroatoms. The number of carbonyl (C=O) groups is 1. The maximum absolute atomic E-state index is 12.3. The van der Waals surface area contributed by atoms with E-state index in [4.69, 9.17) is 4.52 Å². The second-order valence-corrected chi connectivity index (χ2v) is 6.19. The monoisotopic (exact) mass is 314 g/mol. The summed E-state index contributed by atoms with van der Waals surface area (Å²) in [5, 5.41) is 15.8. The summed E-state index contributed by atoms with van der Waals surface area (Å²) in [5.41, 5.74) is 3.15. The van der Waals surface area contributed by atoms with Crippen LogP contribution in [0.3, 0.4) is 0 Å². The first kappa shape index (κ1) is 13.3. The molecular formula is C15H14N4O2S. The number of hydrogen-bond acceptors (Lipinski definition) is 5. The average molecular weight is 314 g/mol. The van der Waals surface area contributed by atoms with Crippen molar-refractivity contribution >= 4 is 23.1 Å². The number of nitrogens with one attached hydrogen (secondary N) is 2. The molecule has 0 saturated carbocycles. The predicted molar refractivity (Wildman–Crippen MR) is 83.0 cm³/mol. The lowest BCUT2D eigenvalue weighted by molar-refractivity contribution is 0.101. The van der Waals surface area contributed by atoms with Gasteiger partial charge in [0.25, 0.3) is 5.91 Å². The number of thiophene rings is 1. The third kappa shape index (κ3) is 2.33. The van der Waals surface area contributed by atoms with Crippen LogP contribution >= 0.6 is 11.3 Å². The molecule has 0 bridgehead atoms. The molecule has 0 saturated heterocycles. The SMILES string of the molecule is O=C(Nc1onc2c1CCCC2)c1cc(-c2cccs2)[nH]n1. The highest BCUT2D eigenvalue weighted by Gasteiger charge is 2.22. The maximum Gasteiger partial charge on any atom is 0.278 e. The normalized spacial score (nSPS) is 13.8. The van der Waals surface area contributed by atoms with Gasteiger partial charge >= 0.3 is 0 Å². The minimum atomic E-state index is -0.288. The molecule has 112 valence electrons. The van der Waals surface area contributed by atoms with Crippen molar-refractivity contribution in [2.75, 3.05) is 5.32 Å². The molecule has 0 unspecified atom stereocenters. The van der Waals surface area contributed by atoms with E-state index >= 15 is 0 Å². The number of amides is 1. The summed E-state index contributed by atoms with van der Waals surface area (Å²) in [5.74, 6) is 0.170. The van der Waals surface area contributed by atoms with E-state index in [1.54, 1.807) is 17.4 Å². The van der Waals surface area contributed by atoms with E-state index in [-0.39, 0.29) is 5.91 Å². The first-order chi connectivity index (χ1) is 10.8. The third-order valence-electron chi connectivity index (χ3n) is 3.78. The highest BCUT2D eigenvalue weighted by molar-refractivity contribution is 7.13. The Morgan fingerprint density at radius 1 is 1.36 bits per heavy atom. The summed E-state index contributed by atoms with van der Waals surface area (Å²) >= 11 is 1.59. The molecule has 1 aliphatic rings. The number of fused-ring (bicyclic) bond motifs is 1. The average Bonchev–Trinajstić information content (AvgIpc) is 3.28. The molecule has 0 spiro atoms. The number of rotatable bonds is 3. The zero-order valence-electron chi connectivity index (χ0n) is 11.8. The van der Waals surface area contributed by atoms with E-state index in [1.807, 2.05) is 17.5 Å². The second kappa shape index (κ2) is 5.42. The Hall–Kier alpha value is -2.41. The van der Waals surface area contributed by atoms with Crippen molar-refractivity contribution in [2.24, 2.45) is 0 Å². The van der Waals surface area contributed by atoms with Crippen molar-refractivity contribution < 1.29 is 9.32 Å². The Kier molecular flexibility index (Phi) is 3.27. The van der Waals surface area contributed by atoms with Crippen molar-refractivity contribution in [3.05, 3.63) is 40.5 Å². The molecule has 0 aromatic carbocycles. The zero-order chi connectivity index (χ0) is 14.9. The second-order valence-electron chi connectivity index (χ2n) is 5.24. The van der Waals surface area contributed by atoms with Gasteiger partial charge < -0.3 is 4.52 Å². The lowest BCUT2D eigenvalue weighted by Gasteiger charge is -2.08. The standard InChI is InChI=1S/C15H14N4O2S/c20-14(12-8-11(17-18-12)13-6-3-7-22-13)16-15-9-4-1-2-5-10(9)19-21-15/h3,6-8H,1-2,4-5H2,(H,16,20)(H,17,18). The molecule has 0 radical (unpaired) electrons. The fourth-order valence-corrected chi connectivity index (χ4v) is 3.34. The summed E-state index contributed by atoms with van der Waals surface area (Å²) in [6, 6.07) is 5.68. The smallest absolute Gasteiger partial charge is 0.278 e. The highest BCUT2D eigenvalue weighted by atomic mass is 32.1. The van der Waals surface area contributed by atoms with Crippen LogP contribution in [0, 0.1) is 0 Å². The van der Waals surface area contributed by atoms with E-state index in [1.165, 1.54) is 0 Å². The van der Waals surface area contributed by atoms with Gasteiger partial charge in [-0.2, -0.15) is 5.10 Å². The molecule has 0 atom stereocenters. The maximum atomic E-state index is 12.3. The molecule has 6 nitrogen and oxygen atoms in total. The highest BCUT2D eigenvalue weighted by Crippen LogP contribution is 2.28. The van der Waals surface area contributed by atoms with Gasteiger partial charge in [-0.1, -0.05) is 11.2 Å². The summed E-state index contributed by atoms with van der Waals surface area (Å²) in [4.78, 5) is 13.3. The number of H-pyrrole nitrogens is 1. The topological polar surface area (TPSA) is 83.8 Å². The molecule has 4 rings (SSSR count). The molecule has 3 aromatic rings. The van der Waals surface area contributed by atoms with Gasteiger partial charge in [0.2, 0.25) is 5.88 Å². The lowest BCUT2D eigenvalue weighted by Crippen LogP contribution is -2.14. The molecular weight excluding hydrogens is 300 g/mol. The molecule has 2 N–H and O–H groups in total. The fraction of sp³-hybridized carbons (Fsp3) is 0.267. The first-order valence-corrected chi connectivity index (χ1v) is 8.07. The Morgan fingerprint density at radius 3 is 3.14 bits per heavy atom. The van der Waals surface area contributed by atoms with E-state index in [0.717, 1.165) is 47.5 Å². The van der Waals surface area contributed by atoms with Gasteiger partial charge in [0.1, 0.15) is 0 Å². The van der Waals surface area contributed by atoms with Crippen molar-refractivity contribution in [1.82, 2.24) is 15.4 Å². The van der Waals surface area contributed by atoms with Gasteiger partial charge in [0, 0.05) is 5.56 Å². The molecule has 0 aliphatic heterocycles. The summed E-state index contributed by atoms with van der Waals surface area (Å²) in [7, 11) is 0. The van der Waals surface area contributed by atoms with Crippen molar-refractivity contribution in [3.8, 4) is 10.6 Å². The molecule has 3 heterocycles. The van der Waals surface area contributed by atoms with E-state index in [2.05, 4.69) is 20.7 Å². The largest absolute Gasteiger partial charge is 0.338 e. The van der Waals surface area contributed by atoms with Gasteiger partial charge in [0.05, 0.1) is 16.3 Å². The van der Waals surface area contributed by atoms with E-state index in [0.29, 0.717) is 11.6 Å². The third-order valence-corrected chi connectivity index (χ3v) is 4.69. The quantitative estimate of drug-likeness (QED) is 0.777. The van der Waals surface area contributed by atoms with Crippen LogP contribution in [-0.2, 0) is 12.8 Å². The van der Waals surface area contributed by atoms with Crippen LogP contribution in [0.4, 0.5) is 5.88 Å². The number of anilines is 1. The van der Waals surface area contributed by atoms with Crippen molar-refractivity contribution in [1.29, 1.82) is 0 Å². The molecule has 3 aromatic heterocycles. The number of aromatic nitrogens is 3. The predicted octanol–water partition coefficient (Wildman–Crippen LogP) is 3.26. The molecule has 1 amide bonds. The van der Waals surface area contributed by atoms with E-state index < -0.39 is 0 Å². The Labute approximate surface area is 130 Å². The first-order valence-electron chi connectivity index (χ1n) is 7.19. The Bertz CT molecular complexity index is 803. The fourth-order valence-electron chi connectivity index (χ4n) is 2.65. The van der Waals surface area contributed by atoms with Gasteiger partial charge in [-0.3, -0.25) is 15.2 Å². The minimum absolute atomic E-state index is 0.288. The summed E-state index contributed by atoms with van der Waals surface area (Å²) in [6.07, 6.45) is 4.04. The molecule has 1 aliphatic carbocycles. The lowest BCUT2D eigenvalue weighted by atomic mass is 9.98. The Morgan fingerprint density at radius 2 is 2.27 bits per heavy atom. The Balaban J connectivity index is 1.54. The number of carbonyl (C=O) groups excluding carboxylic acids is 1. The van der Waals surface area contributed by atoms with Crippen LogP contribution in [0.25, 0.3) is 10.6 Å². The number of aryl methyl sites for hydroxylation is 1. The van der Waals surface area contributed by atoms with Crippen LogP contribution in [0.15, 0.2) is 28.1 Å². The van der Waals surface area contributed by atoms with Gasteiger partial charge in [-0.05, 0) is 43.2 Å². The van der Waals surface area contributed by atoms with Gasteiger partial charge in [0.15, 0.2) is 5.69 Å². The van der Waals surface area contributed by atoms with E-state index in [9.17, 15) is 4.79 Å². The van der Waals surface area contributed by atoms with Crippen molar-refractivity contribution in [2.45, 2.75) is 25.7 Å². The van der Waals surface area contributed by atoms with Gasteiger partial charge in [-0.15, -0.1) is 11.3 Å². The number of nitrogens with zero attached hydrogens (tertiary/aromatic N) is 2.